The van der Waals surface area contributed by atoms with Crippen molar-refractivity contribution in [3.63, 3.8) is 0 Å². The van der Waals surface area contributed by atoms with Gasteiger partial charge in [0.15, 0.2) is 5.13 Å². The fourth-order valence-electron chi connectivity index (χ4n) is 2.31. The van der Waals surface area contributed by atoms with Gasteiger partial charge in [-0.2, -0.15) is 0 Å². The van der Waals surface area contributed by atoms with Crippen molar-refractivity contribution in [3.8, 4) is 0 Å². The Morgan fingerprint density at radius 3 is 2.38 bits per heavy atom. The topological polar surface area (TPSA) is 79.4 Å². The van der Waals surface area contributed by atoms with Crippen molar-refractivity contribution in [3.05, 3.63) is 52.5 Å². The number of sulfonamides is 1. The van der Waals surface area contributed by atoms with E-state index in [1.807, 2.05) is 13.0 Å². The Bertz CT molecular complexity index is 1050. The fourth-order valence-corrected chi connectivity index (χ4v) is 4.43. The molecule has 26 heavy (non-hydrogen) atoms. The predicted octanol–water partition coefficient (Wildman–Crippen LogP) is 3.76. The average molecular weight is 410 g/mol. The molecule has 136 valence electrons. The first-order chi connectivity index (χ1) is 12.2. The van der Waals surface area contributed by atoms with E-state index in [1.165, 1.54) is 49.7 Å². The zero-order chi connectivity index (χ0) is 19.1. The average Bonchev–Trinajstić information content (AvgIpc) is 3.03. The van der Waals surface area contributed by atoms with Gasteiger partial charge in [0.1, 0.15) is 0 Å². The molecule has 0 aliphatic carbocycles. The molecule has 0 saturated carbocycles. The minimum Gasteiger partial charge on any atom is -0.298 e. The molecule has 6 nitrogen and oxygen atoms in total. The van der Waals surface area contributed by atoms with Crippen LogP contribution in [0.15, 0.2) is 41.3 Å². The number of hydrogen-bond donors (Lipinski definition) is 1. The van der Waals surface area contributed by atoms with Gasteiger partial charge < -0.3 is 0 Å². The van der Waals surface area contributed by atoms with E-state index in [0.29, 0.717) is 15.7 Å². The van der Waals surface area contributed by atoms with Crippen molar-refractivity contribution in [2.45, 2.75) is 11.8 Å². The van der Waals surface area contributed by atoms with E-state index < -0.39 is 10.0 Å². The number of nitrogens with one attached hydrogen (secondary N) is 1. The number of aryl methyl sites for hydroxylation is 1. The summed E-state index contributed by atoms with van der Waals surface area (Å²) in [7, 11) is -0.619. The number of carbonyl (C=O) groups is 1. The van der Waals surface area contributed by atoms with Gasteiger partial charge in [-0.15, -0.1) is 0 Å². The molecule has 3 aromatic rings. The zero-order valence-electron chi connectivity index (χ0n) is 14.3. The standard InChI is InChI=1S/C17H16ClN3O3S2/c1-10-4-9-13(18)15-14(10)19-17(25-15)20-16(22)11-5-7-12(8-6-11)26(23,24)21(2)3/h4-9H,1-3H3,(H,19,20,22). The molecule has 0 aliphatic heterocycles. The van der Waals surface area contributed by atoms with Crippen LogP contribution in [-0.4, -0.2) is 37.7 Å². The molecular formula is C17H16ClN3O3S2. The lowest BCUT2D eigenvalue weighted by molar-refractivity contribution is 0.102. The van der Waals surface area contributed by atoms with Crippen LogP contribution in [0.3, 0.4) is 0 Å². The summed E-state index contributed by atoms with van der Waals surface area (Å²) in [6, 6.07) is 9.43. The maximum absolute atomic E-state index is 12.4. The molecule has 0 atom stereocenters. The van der Waals surface area contributed by atoms with Crippen LogP contribution < -0.4 is 5.32 Å². The SMILES string of the molecule is Cc1ccc(Cl)c2sc(NC(=O)c3ccc(S(=O)(=O)N(C)C)cc3)nc12. The summed E-state index contributed by atoms with van der Waals surface area (Å²) >= 11 is 7.47. The monoisotopic (exact) mass is 409 g/mol. The van der Waals surface area contributed by atoms with E-state index in [0.717, 1.165) is 20.1 Å². The van der Waals surface area contributed by atoms with Crippen LogP contribution in [0.5, 0.6) is 0 Å². The Morgan fingerprint density at radius 1 is 1.15 bits per heavy atom. The lowest BCUT2D eigenvalue weighted by Gasteiger charge is -2.11. The number of amides is 1. The first-order valence-corrected chi connectivity index (χ1v) is 10.2. The molecule has 0 aliphatic rings. The summed E-state index contributed by atoms with van der Waals surface area (Å²) in [6.45, 7) is 1.92. The van der Waals surface area contributed by atoms with Gasteiger partial charge in [-0.1, -0.05) is 29.0 Å². The second-order valence-electron chi connectivity index (χ2n) is 5.83. The number of aromatic nitrogens is 1. The summed E-state index contributed by atoms with van der Waals surface area (Å²) < 4.78 is 26.1. The third kappa shape index (κ3) is 3.45. The highest BCUT2D eigenvalue weighted by molar-refractivity contribution is 7.89. The number of fused-ring (bicyclic) bond motifs is 1. The number of anilines is 1. The normalized spacial score (nSPS) is 11.9. The highest BCUT2D eigenvalue weighted by Gasteiger charge is 2.18. The highest BCUT2D eigenvalue weighted by atomic mass is 35.5. The summed E-state index contributed by atoms with van der Waals surface area (Å²) in [5.74, 6) is -0.369. The third-order valence-electron chi connectivity index (χ3n) is 3.81. The molecule has 1 amide bonds. The number of nitrogens with zero attached hydrogens (tertiary/aromatic N) is 2. The van der Waals surface area contributed by atoms with Crippen molar-refractivity contribution in [2.24, 2.45) is 0 Å². The molecule has 0 unspecified atom stereocenters. The van der Waals surface area contributed by atoms with E-state index in [1.54, 1.807) is 6.07 Å². The quantitative estimate of drug-likeness (QED) is 0.711. The number of hydrogen-bond acceptors (Lipinski definition) is 5. The largest absolute Gasteiger partial charge is 0.298 e. The molecule has 0 fully saturated rings. The second kappa shape index (κ2) is 6.96. The molecule has 1 heterocycles. The van der Waals surface area contributed by atoms with E-state index in [9.17, 15) is 13.2 Å². The molecule has 0 radical (unpaired) electrons. The summed E-state index contributed by atoms with van der Waals surface area (Å²) in [4.78, 5) is 17.0. The van der Waals surface area contributed by atoms with Gasteiger partial charge in [0, 0.05) is 19.7 Å². The Balaban J connectivity index is 1.85. The minimum atomic E-state index is -3.53. The van der Waals surface area contributed by atoms with Crippen molar-refractivity contribution >= 4 is 54.2 Å². The van der Waals surface area contributed by atoms with Crippen molar-refractivity contribution < 1.29 is 13.2 Å². The summed E-state index contributed by atoms with van der Waals surface area (Å²) in [5, 5.41) is 3.75. The van der Waals surface area contributed by atoms with Crippen LogP contribution in [0.1, 0.15) is 15.9 Å². The molecule has 3 rings (SSSR count). The lowest BCUT2D eigenvalue weighted by Crippen LogP contribution is -2.22. The molecule has 1 aromatic heterocycles. The molecule has 2 aromatic carbocycles. The molecule has 1 N–H and O–H groups in total. The second-order valence-corrected chi connectivity index (χ2v) is 9.39. The number of thiazole rings is 1. The summed E-state index contributed by atoms with van der Waals surface area (Å²) in [6.07, 6.45) is 0. The number of halogens is 1. The molecular weight excluding hydrogens is 394 g/mol. The number of rotatable bonds is 4. The molecule has 0 saturated heterocycles. The van der Waals surface area contributed by atoms with Crippen LogP contribution in [0, 0.1) is 6.92 Å². The molecule has 0 bridgehead atoms. The van der Waals surface area contributed by atoms with Gasteiger partial charge >= 0.3 is 0 Å². The van der Waals surface area contributed by atoms with Gasteiger partial charge in [-0.3, -0.25) is 10.1 Å². The van der Waals surface area contributed by atoms with Gasteiger partial charge in [-0.25, -0.2) is 17.7 Å². The number of carbonyl (C=O) groups excluding carboxylic acids is 1. The van der Waals surface area contributed by atoms with Gasteiger partial charge in [0.05, 0.1) is 20.1 Å². The highest BCUT2D eigenvalue weighted by Crippen LogP contribution is 2.34. The van der Waals surface area contributed by atoms with Crippen LogP contribution in [-0.2, 0) is 10.0 Å². The number of benzene rings is 2. The van der Waals surface area contributed by atoms with Crippen LogP contribution >= 0.6 is 22.9 Å². The first-order valence-electron chi connectivity index (χ1n) is 7.60. The van der Waals surface area contributed by atoms with Crippen LogP contribution in [0.2, 0.25) is 5.02 Å². The Kier molecular flexibility index (Phi) is 5.03. The lowest BCUT2D eigenvalue weighted by atomic mass is 10.2. The van der Waals surface area contributed by atoms with Crippen molar-refractivity contribution in [1.29, 1.82) is 0 Å². The molecule has 9 heteroatoms. The summed E-state index contributed by atoms with van der Waals surface area (Å²) in [5.41, 5.74) is 2.06. The Hall–Kier alpha value is -2.00. The Morgan fingerprint density at radius 2 is 1.81 bits per heavy atom. The smallest absolute Gasteiger partial charge is 0.257 e. The molecule has 0 spiro atoms. The van der Waals surface area contributed by atoms with Crippen molar-refractivity contribution in [1.82, 2.24) is 9.29 Å². The van der Waals surface area contributed by atoms with Gasteiger partial charge in [-0.05, 0) is 42.8 Å². The predicted molar refractivity (Wildman–Crippen MR) is 105 cm³/mol. The zero-order valence-corrected chi connectivity index (χ0v) is 16.7. The van der Waals surface area contributed by atoms with Crippen LogP contribution in [0.25, 0.3) is 10.2 Å². The van der Waals surface area contributed by atoms with Crippen LogP contribution in [0.4, 0.5) is 5.13 Å². The minimum absolute atomic E-state index is 0.126. The first kappa shape index (κ1) is 18.8. The van der Waals surface area contributed by atoms with E-state index in [2.05, 4.69) is 10.3 Å². The van der Waals surface area contributed by atoms with E-state index in [-0.39, 0.29) is 10.8 Å². The van der Waals surface area contributed by atoms with E-state index in [4.69, 9.17) is 11.6 Å². The fraction of sp³-hybridized carbons (Fsp3) is 0.176. The third-order valence-corrected chi connectivity index (χ3v) is 7.07. The maximum Gasteiger partial charge on any atom is 0.257 e. The maximum atomic E-state index is 12.4. The Labute approximate surface area is 160 Å². The van der Waals surface area contributed by atoms with Gasteiger partial charge in [0.25, 0.3) is 5.91 Å². The van der Waals surface area contributed by atoms with E-state index >= 15 is 0 Å². The van der Waals surface area contributed by atoms with Gasteiger partial charge in [0.2, 0.25) is 10.0 Å². The van der Waals surface area contributed by atoms with Crippen molar-refractivity contribution in [2.75, 3.05) is 19.4 Å².